The van der Waals surface area contributed by atoms with Crippen LogP contribution in [-0.2, 0) is 0 Å². The summed E-state index contributed by atoms with van der Waals surface area (Å²) in [4.78, 5) is 0. The summed E-state index contributed by atoms with van der Waals surface area (Å²) in [5.41, 5.74) is 3.01. The fourth-order valence-corrected chi connectivity index (χ4v) is 5.49. The first-order valence-corrected chi connectivity index (χ1v) is 10.6. The molecule has 0 spiro atoms. The van der Waals surface area contributed by atoms with E-state index in [1.165, 1.54) is 0 Å². The smallest absolute Gasteiger partial charge is 0.165 e. The molecule has 1 aromatic heterocycles. The van der Waals surface area contributed by atoms with Crippen LogP contribution in [0.1, 0.15) is 39.7 Å². The standard InChI is InChI=1S/C21H22ClN3O3S/c1-12-23-24-21-18(9-10-26)29-20(14-5-4-6-17(27-2)19(14)28-3)15-11-13(22)7-8-16(15)25(12)21/h4-8,11,18,20,26H,9-10H2,1-3H3. The molecule has 0 bridgehead atoms. The van der Waals surface area contributed by atoms with Gasteiger partial charge in [-0.3, -0.25) is 4.57 Å². The lowest BCUT2D eigenvalue weighted by atomic mass is 10.0. The average molecular weight is 432 g/mol. The third-order valence-corrected chi connectivity index (χ3v) is 6.85. The van der Waals surface area contributed by atoms with Crippen LogP contribution in [0.4, 0.5) is 0 Å². The van der Waals surface area contributed by atoms with Crippen LogP contribution >= 0.6 is 23.4 Å². The maximum Gasteiger partial charge on any atom is 0.165 e. The zero-order valence-electron chi connectivity index (χ0n) is 16.4. The Hall–Kier alpha value is -2.22. The molecule has 2 heterocycles. The van der Waals surface area contributed by atoms with Crippen molar-refractivity contribution in [1.29, 1.82) is 0 Å². The Morgan fingerprint density at radius 1 is 1.14 bits per heavy atom. The fourth-order valence-electron chi connectivity index (χ4n) is 3.80. The summed E-state index contributed by atoms with van der Waals surface area (Å²) in [5, 5.41) is 19.0. The predicted octanol–water partition coefficient (Wildman–Crippen LogP) is 4.51. The minimum atomic E-state index is -0.0913. The third-order valence-electron chi connectivity index (χ3n) is 5.06. The number of fused-ring (bicyclic) bond motifs is 3. The normalized spacial score (nSPS) is 18.0. The van der Waals surface area contributed by atoms with Crippen LogP contribution < -0.4 is 9.47 Å². The van der Waals surface area contributed by atoms with Crippen LogP contribution in [0.5, 0.6) is 11.5 Å². The second-order valence-corrected chi connectivity index (χ2v) is 8.49. The van der Waals surface area contributed by atoms with Crippen molar-refractivity contribution in [3.63, 3.8) is 0 Å². The summed E-state index contributed by atoms with van der Waals surface area (Å²) >= 11 is 8.12. The molecule has 1 N–H and O–H groups in total. The van der Waals surface area contributed by atoms with Gasteiger partial charge in [-0.1, -0.05) is 23.7 Å². The van der Waals surface area contributed by atoms with Crippen LogP contribution in [0.2, 0.25) is 5.02 Å². The number of rotatable bonds is 5. The van der Waals surface area contributed by atoms with Gasteiger partial charge in [0.25, 0.3) is 0 Å². The number of halogens is 1. The Kier molecular flexibility index (Phi) is 5.72. The molecule has 4 rings (SSSR count). The first kappa shape index (κ1) is 20.1. The van der Waals surface area contributed by atoms with Gasteiger partial charge >= 0.3 is 0 Å². The van der Waals surface area contributed by atoms with Gasteiger partial charge in [0, 0.05) is 17.2 Å². The van der Waals surface area contributed by atoms with Crippen molar-refractivity contribution in [2.75, 3.05) is 20.8 Å². The highest BCUT2D eigenvalue weighted by molar-refractivity contribution is 8.00. The maximum atomic E-state index is 9.71. The highest BCUT2D eigenvalue weighted by atomic mass is 35.5. The van der Waals surface area contributed by atoms with E-state index in [9.17, 15) is 5.11 Å². The summed E-state index contributed by atoms with van der Waals surface area (Å²) in [6.07, 6.45) is 0.563. The summed E-state index contributed by atoms with van der Waals surface area (Å²) in [7, 11) is 3.28. The third kappa shape index (κ3) is 3.47. The number of nitrogens with zero attached hydrogens (tertiary/aromatic N) is 3. The van der Waals surface area contributed by atoms with Gasteiger partial charge in [-0.25, -0.2) is 0 Å². The molecule has 29 heavy (non-hydrogen) atoms. The molecule has 3 aromatic rings. The van der Waals surface area contributed by atoms with E-state index in [2.05, 4.69) is 14.8 Å². The highest BCUT2D eigenvalue weighted by Gasteiger charge is 2.34. The lowest BCUT2D eigenvalue weighted by molar-refractivity contribution is 0.286. The molecule has 0 radical (unpaired) electrons. The number of thioether (sulfide) groups is 1. The zero-order chi connectivity index (χ0) is 20.5. The lowest BCUT2D eigenvalue weighted by Crippen LogP contribution is -2.06. The van der Waals surface area contributed by atoms with E-state index in [0.717, 1.165) is 28.5 Å². The van der Waals surface area contributed by atoms with Crippen molar-refractivity contribution in [3.8, 4) is 17.2 Å². The van der Waals surface area contributed by atoms with Gasteiger partial charge in [-0.15, -0.1) is 22.0 Å². The van der Waals surface area contributed by atoms with Gasteiger partial charge in [0.05, 0.1) is 30.4 Å². The Labute approximate surface area is 178 Å². The van der Waals surface area contributed by atoms with E-state index in [1.54, 1.807) is 26.0 Å². The topological polar surface area (TPSA) is 69.4 Å². The van der Waals surface area contributed by atoms with Gasteiger partial charge in [0.15, 0.2) is 17.3 Å². The highest BCUT2D eigenvalue weighted by Crippen LogP contribution is 2.53. The SMILES string of the molecule is COc1cccc(C2SC(CCO)c3nnc(C)n3-c3ccc(Cl)cc32)c1OC. The van der Waals surface area contributed by atoms with Crippen LogP contribution in [0, 0.1) is 6.92 Å². The number of benzene rings is 2. The summed E-state index contributed by atoms with van der Waals surface area (Å²) in [6.45, 7) is 1.99. The summed E-state index contributed by atoms with van der Waals surface area (Å²) < 4.78 is 13.3. The van der Waals surface area contributed by atoms with E-state index >= 15 is 0 Å². The minimum absolute atomic E-state index is 0.0479. The number of aliphatic hydroxyl groups excluding tert-OH is 1. The molecular formula is C21H22ClN3O3S. The van der Waals surface area contributed by atoms with E-state index in [0.29, 0.717) is 22.9 Å². The van der Waals surface area contributed by atoms with E-state index < -0.39 is 0 Å². The molecule has 0 saturated carbocycles. The Morgan fingerprint density at radius 2 is 1.97 bits per heavy atom. The first-order valence-electron chi connectivity index (χ1n) is 9.28. The number of para-hydroxylation sites is 1. The van der Waals surface area contributed by atoms with Crippen molar-refractivity contribution in [1.82, 2.24) is 14.8 Å². The minimum Gasteiger partial charge on any atom is -0.493 e. The van der Waals surface area contributed by atoms with Crippen molar-refractivity contribution < 1.29 is 14.6 Å². The van der Waals surface area contributed by atoms with Gasteiger partial charge in [0.1, 0.15) is 5.82 Å². The molecule has 1 aliphatic heterocycles. The maximum absolute atomic E-state index is 9.71. The largest absolute Gasteiger partial charge is 0.493 e. The molecule has 8 heteroatoms. The number of aromatic nitrogens is 3. The predicted molar refractivity (Wildman–Crippen MR) is 115 cm³/mol. The molecule has 0 fully saturated rings. The Balaban J connectivity index is 1.98. The van der Waals surface area contributed by atoms with Gasteiger partial charge < -0.3 is 14.6 Å². The zero-order valence-corrected chi connectivity index (χ0v) is 18.0. The van der Waals surface area contributed by atoms with Crippen molar-refractivity contribution in [2.24, 2.45) is 0 Å². The van der Waals surface area contributed by atoms with Crippen LogP contribution in [0.3, 0.4) is 0 Å². The van der Waals surface area contributed by atoms with E-state index in [4.69, 9.17) is 21.1 Å². The monoisotopic (exact) mass is 431 g/mol. The molecular weight excluding hydrogens is 410 g/mol. The lowest BCUT2D eigenvalue weighted by Gasteiger charge is -2.23. The average Bonchev–Trinajstić information content (AvgIpc) is 3.05. The first-order chi connectivity index (χ1) is 14.1. The van der Waals surface area contributed by atoms with E-state index in [-0.39, 0.29) is 17.1 Å². The van der Waals surface area contributed by atoms with Crippen molar-refractivity contribution in [2.45, 2.75) is 23.8 Å². The van der Waals surface area contributed by atoms with Gasteiger partial charge in [0.2, 0.25) is 0 Å². The number of aryl methyl sites for hydroxylation is 1. The molecule has 152 valence electrons. The Bertz CT molecular complexity index is 1040. The second-order valence-electron chi connectivity index (χ2n) is 6.74. The van der Waals surface area contributed by atoms with Crippen LogP contribution in [0.25, 0.3) is 5.69 Å². The van der Waals surface area contributed by atoms with Crippen molar-refractivity contribution in [3.05, 3.63) is 64.2 Å². The van der Waals surface area contributed by atoms with Crippen LogP contribution in [0.15, 0.2) is 36.4 Å². The number of aliphatic hydroxyl groups is 1. The molecule has 0 aliphatic carbocycles. The second kappa shape index (κ2) is 8.26. The molecule has 0 saturated heterocycles. The summed E-state index contributed by atoms with van der Waals surface area (Å²) in [5.74, 6) is 2.99. The molecule has 2 aromatic carbocycles. The van der Waals surface area contributed by atoms with E-state index in [1.807, 2.05) is 43.3 Å². The molecule has 0 amide bonds. The fraction of sp³-hybridized carbons (Fsp3) is 0.333. The quantitative estimate of drug-likeness (QED) is 0.641. The number of methoxy groups -OCH3 is 2. The van der Waals surface area contributed by atoms with Gasteiger partial charge in [-0.2, -0.15) is 0 Å². The molecule has 2 unspecified atom stereocenters. The van der Waals surface area contributed by atoms with Crippen molar-refractivity contribution >= 4 is 23.4 Å². The number of hydrogen-bond donors (Lipinski definition) is 1. The van der Waals surface area contributed by atoms with Gasteiger partial charge in [-0.05, 0) is 43.2 Å². The molecule has 1 aliphatic rings. The summed E-state index contributed by atoms with van der Waals surface area (Å²) in [6, 6.07) is 11.7. The molecule has 2 atom stereocenters. The number of hydrogen-bond acceptors (Lipinski definition) is 6. The number of ether oxygens (including phenoxy) is 2. The molecule has 6 nitrogen and oxygen atoms in total. The Morgan fingerprint density at radius 3 is 2.69 bits per heavy atom. The van der Waals surface area contributed by atoms with Crippen LogP contribution in [-0.4, -0.2) is 40.7 Å².